The number of anilines is 1. The smallest absolute Gasteiger partial charge is 0.241 e. The highest BCUT2D eigenvalue weighted by molar-refractivity contribution is 9.10. The molecule has 33 heavy (non-hydrogen) atoms. The molecule has 1 spiro atoms. The Kier molecular flexibility index (Phi) is 4.31. The van der Waals surface area contributed by atoms with Crippen molar-refractivity contribution in [3.8, 4) is 0 Å². The van der Waals surface area contributed by atoms with Crippen molar-refractivity contribution in [3.63, 3.8) is 0 Å². The van der Waals surface area contributed by atoms with Crippen LogP contribution in [0.5, 0.6) is 0 Å². The topological polar surface area (TPSA) is 80.8 Å². The van der Waals surface area contributed by atoms with Gasteiger partial charge in [-0.3, -0.25) is 19.2 Å². The van der Waals surface area contributed by atoms with Crippen molar-refractivity contribution in [2.75, 3.05) is 4.90 Å². The molecule has 6 nitrogen and oxygen atoms in total. The van der Waals surface area contributed by atoms with Gasteiger partial charge in [-0.2, -0.15) is 0 Å². The maximum atomic E-state index is 13.7. The van der Waals surface area contributed by atoms with Crippen LogP contribution in [0.15, 0.2) is 83.3 Å². The van der Waals surface area contributed by atoms with Crippen LogP contribution in [0, 0.1) is 11.8 Å². The molecule has 0 unspecified atom stereocenters. The summed E-state index contributed by atoms with van der Waals surface area (Å²) in [6.45, 7) is 0. The number of nitrogens with zero attached hydrogens (tertiary/aromatic N) is 1. The van der Waals surface area contributed by atoms with Gasteiger partial charge in [0.25, 0.3) is 0 Å². The van der Waals surface area contributed by atoms with Gasteiger partial charge in [0, 0.05) is 15.6 Å². The van der Waals surface area contributed by atoms with Crippen molar-refractivity contribution in [3.05, 3.63) is 100 Å². The number of hydrogen-bond acceptors (Lipinski definition) is 5. The molecule has 0 radical (unpaired) electrons. The van der Waals surface area contributed by atoms with Crippen LogP contribution in [0.1, 0.15) is 32.4 Å². The van der Waals surface area contributed by atoms with E-state index in [0.29, 0.717) is 11.3 Å². The molecule has 2 heterocycles. The highest BCUT2D eigenvalue weighted by atomic mass is 79.9. The maximum absolute atomic E-state index is 13.7. The Bertz CT molecular complexity index is 1320. The van der Waals surface area contributed by atoms with E-state index < -0.39 is 46.9 Å². The number of benzene rings is 3. The second kappa shape index (κ2) is 7.04. The Morgan fingerprint density at radius 1 is 0.727 bits per heavy atom. The first-order valence-corrected chi connectivity index (χ1v) is 11.3. The van der Waals surface area contributed by atoms with E-state index in [9.17, 15) is 19.2 Å². The average molecular weight is 502 g/mol. The highest BCUT2D eigenvalue weighted by Gasteiger charge is 2.74. The van der Waals surface area contributed by atoms with Gasteiger partial charge in [0.2, 0.25) is 29.0 Å². The fourth-order valence-corrected chi connectivity index (χ4v) is 5.57. The number of carbonyl (C=O) groups is 4. The number of ether oxygens (including phenoxy) is 1. The van der Waals surface area contributed by atoms with Crippen LogP contribution in [0.2, 0.25) is 0 Å². The second-order valence-corrected chi connectivity index (χ2v) is 9.30. The lowest BCUT2D eigenvalue weighted by atomic mass is 9.77. The molecule has 1 aliphatic carbocycles. The standard InChI is InChI=1S/C26H16BrNO5/c27-15-12-10-14(11-13-15)21-19-20(25(32)28(24(19)31)16-6-2-1-3-7-16)26(33-21)22(29)17-8-4-5-9-18(17)23(26)30/h1-13,19-21H/t19-,20+,21-/m1/s1. The van der Waals surface area contributed by atoms with Gasteiger partial charge >= 0.3 is 0 Å². The summed E-state index contributed by atoms with van der Waals surface area (Å²) in [5.41, 5.74) is -0.588. The van der Waals surface area contributed by atoms with Crippen LogP contribution in [0.25, 0.3) is 0 Å². The van der Waals surface area contributed by atoms with Crippen molar-refractivity contribution in [2.24, 2.45) is 11.8 Å². The number of rotatable bonds is 2. The van der Waals surface area contributed by atoms with Crippen molar-refractivity contribution in [1.29, 1.82) is 0 Å². The SMILES string of the molecule is O=C1[C@H]2[C@@H](c3ccc(Br)cc3)OC3(C(=O)c4ccccc4C3=O)[C@@H]2C(=O)N1c1ccccc1. The Labute approximate surface area is 197 Å². The van der Waals surface area contributed by atoms with Crippen LogP contribution in [0.4, 0.5) is 5.69 Å². The third kappa shape index (κ3) is 2.57. The van der Waals surface area contributed by atoms with Crippen LogP contribution in [0.3, 0.4) is 0 Å². The minimum atomic E-state index is -2.05. The summed E-state index contributed by atoms with van der Waals surface area (Å²) >= 11 is 3.39. The van der Waals surface area contributed by atoms with E-state index in [2.05, 4.69) is 15.9 Å². The van der Waals surface area contributed by atoms with Gasteiger partial charge in [-0.05, 0) is 29.8 Å². The van der Waals surface area contributed by atoms with E-state index >= 15 is 0 Å². The molecule has 7 heteroatoms. The lowest BCUT2D eigenvalue weighted by molar-refractivity contribution is -0.127. The summed E-state index contributed by atoms with van der Waals surface area (Å²) in [4.78, 5) is 55.8. The van der Waals surface area contributed by atoms with E-state index in [0.717, 1.165) is 9.37 Å². The molecule has 2 amide bonds. The average Bonchev–Trinajstić information content (AvgIpc) is 3.40. The fraction of sp³-hybridized carbons (Fsp3) is 0.154. The Morgan fingerprint density at radius 2 is 1.30 bits per heavy atom. The summed E-state index contributed by atoms with van der Waals surface area (Å²) < 4.78 is 7.08. The van der Waals surface area contributed by atoms with Crippen LogP contribution < -0.4 is 4.90 Å². The number of hydrogen-bond donors (Lipinski definition) is 0. The summed E-state index contributed by atoms with van der Waals surface area (Å²) in [6.07, 6.45) is -0.921. The normalized spacial score (nSPS) is 25.1. The molecule has 0 saturated carbocycles. The maximum Gasteiger partial charge on any atom is 0.241 e. The van der Waals surface area contributed by atoms with E-state index in [4.69, 9.17) is 4.74 Å². The van der Waals surface area contributed by atoms with E-state index in [-0.39, 0.29) is 11.1 Å². The van der Waals surface area contributed by atoms with Crippen molar-refractivity contribution in [2.45, 2.75) is 11.7 Å². The van der Waals surface area contributed by atoms with E-state index in [1.165, 1.54) is 0 Å². The summed E-state index contributed by atoms with van der Waals surface area (Å²) in [5, 5.41) is 0. The molecule has 3 aromatic carbocycles. The minimum absolute atomic E-state index is 0.219. The van der Waals surface area contributed by atoms with Crippen molar-refractivity contribution >= 4 is 45.0 Å². The van der Waals surface area contributed by atoms with Crippen LogP contribution in [-0.2, 0) is 14.3 Å². The number of para-hydroxylation sites is 1. The fourth-order valence-electron chi connectivity index (χ4n) is 5.30. The molecule has 0 N–H and O–H groups in total. The predicted octanol–water partition coefficient (Wildman–Crippen LogP) is 4.14. The number of imide groups is 1. The molecular formula is C26H16BrNO5. The van der Waals surface area contributed by atoms with Gasteiger partial charge in [0.05, 0.1) is 23.6 Å². The molecule has 3 aliphatic rings. The Morgan fingerprint density at radius 3 is 1.91 bits per heavy atom. The molecule has 2 aliphatic heterocycles. The molecule has 2 saturated heterocycles. The Hall–Kier alpha value is -3.42. The van der Waals surface area contributed by atoms with E-state index in [1.54, 1.807) is 78.9 Å². The largest absolute Gasteiger partial charge is 0.349 e. The third-order valence-corrected chi connectivity index (χ3v) is 7.26. The number of Topliss-reactive ketones (excluding diaryl/α,β-unsaturated/α-hetero) is 2. The number of amides is 2. The zero-order chi connectivity index (χ0) is 22.9. The molecule has 0 bridgehead atoms. The molecule has 0 aromatic heterocycles. The number of carbonyl (C=O) groups excluding carboxylic acids is 4. The highest BCUT2D eigenvalue weighted by Crippen LogP contribution is 2.57. The first-order chi connectivity index (χ1) is 15.9. The van der Waals surface area contributed by atoms with Crippen LogP contribution in [-0.4, -0.2) is 29.0 Å². The molecule has 3 atom stereocenters. The zero-order valence-electron chi connectivity index (χ0n) is 17.1. The van der Waals surface area contributed by atoms with E-state index in [1.807, 2.05) is 0 Å². The Balaban J connectivity index is 1.55. The van der Waals surface area contributed by atoms with Gasteiger partial charge in [0.1, 0.15) is 0 Å². The minimum Gasteiger partial charge on any atom is -0.349 e. The molecule has 162 valence electrons. The second-order valence-electron chi connectivity index (χ2n) is 8.38. The number of halogens is 1. The summed E-state index contributed by atoms with van der Waals surface area (Å²) in [6, 6.07) is 22.1. The summed E-state index contributed by atoms with van der Waals surface area (Å²) in [7, 11) is 0. The van der Waals surface area contributed by atoms with Gasteiger partial charge < -0.3 is 4.74 Å². The predicted molar refractivity (Wildman–Crippen MR) is 122 cm³/mol. The third-order valence-electron chi connectivity index (χ3n) is 6.73. The van der Waals surface area contributed by atoms with Crippen molar-refractivity contribution < 1.29 is 23.9 Å². The van der Waals surface area contributed by atoms with Gasteiger partial charge in [-0.1, -0.05) is 70.5 Å². The quantitative estimate of drug-likeness (QED) is 0.389. The molecule has 6 rings (SSSR count). The van der Waals surface area contributed by atoms with Crippen LogP contribution >= 0.6 is 15.9 Å². The van der Waals surface area contributed by atoms with Gasteiger partial charge in [0.15, 0.2) is 0 Å². The number of ketones is 2. The molecule has 2 fully saturated rings. The zero-order valence-corrected chi connectivity index (χ0v) is 18.7. The number of fused-ring (bicyclic) bond motifs is 3. The van der Waals surface area contributed by atoms with Crippen molar-refractivity contribution in [1.82, 2.24) is 0 Å². The first-order valence-electron chi connectivity index (χ1n) is 10.5. The molecule has 3 aromatic rings. The monoisotopic (exact) mass is 501 g/mol. The summed E-state index contributed by atoms with van der Waals surface area (Å²) in [5.74, 6) is -4.43. The van der Waals surface area contributed by atoms with Gasteiger partial charge in [-0.25, -0.2) is 4.90 Å². The molecular weight excluding hydrogens is 486 g/mol. The van der Waals surface area contributed by atoms with Gasteiger partial charge in [-0.15, -0.1) is 0 Å². The lowest BCUT2D eigenvalue weighted by Gasteiger charge is -2.27. The lowest BCUT2D eigenvalue weighted by Crippen LogP contribution is -2.51. The first kappa shape index (κ1) is 20.2.